The molecular formula is C20H32O3Si. The van der Waals surface area contributed by atoms with Crippen LogP contribution in [0.15, 0.2) is 24.3 Å². The maximum atomic E-state index is 10.9. The van der Waals surface area contributed by atoms with Gasteiger partial charge in [-0.1, -0.05) is 32.9 Å². The van der Waals surface area contributed by atoms with Gasteiger partial charge in [-0.2, -0.15) is 0 Å². The van der Waals surface area contributed by atoms with Crippen LogP contribution >= 0.6 is 0 Å². The molecule has 0 unspecified atom stereocenters. The predicted molar refractivity (Wildman–Crippen MR) is 101 cm³/mol. The Hall–Kier alpha value is -1.13. The second kappa shape index (κ2) is 7.40. The van der Waals surface area contributed by atoms with E-state index in [1.807, 2.05) is 12.1 Å². The summed E-state index contributed by atoms with van der Waals surface area (Å²) in [5.74, 6) is 0.388. The maximum Gasteiger partial charge on any atom is 0.335 e. The number of hydrogen-bond donors (Lipinski definition) is 1. The summed E-state index contributed by atoms with van der Waals surface area (Å²) >= 11 is 0. The Bertz CT molecular complexity index is 549. The largest absolute Gasteiger partial charge is 0.478 e. The average Bonchev–Trinajstić information content (AvgIpc) is 2.52. The first-order chi connectivity index (χ1) is 11.1. The molecule has 0 aliphatic heterocycles. The van der Waals surface area contributed by atoms with E-state index in [2.05, 4.69) is 33.9 Å². The minimum Gasteiger partial charge on any atom is -0.478 e. The highest BCUT2D eigenvalue weighted by Gasteiger charge is 2.37. The number of benzene rings is 1. The zero-order valence-electron chi connectivity index (χ0n) is 15.8. The fourth-order valence-corrected chi connectivity index (χ4v) is 4.19. The van der Waals surface area contributed by atoms with Gasteiger partial charge in [0.2, 0.25) is 0 Å². The molecule has 1 aromatic rings. The second-order valence-corrected chi connectivity index (χ2v) is 13.5. The maximum absolute atomic E-state index is 10.9. The van der Waals surface area contributed by atoms with E-state index in [0.717, 1.165) is 6.61 Å². The average molecular weight is 349 g/mol. The molecule has 0 bridgehead atoms. The summed E-state index contributed by atoms with van der Waals surface area (Å²) in [6.45, 7) is 12.4. The molecule has 0 amide bonds. The Morgan fingerprint density at radius 2 is 1.67 bits per heavy atom. The summed E-state index contributed by atoms with van der Waals surface area (Å²) in [6, 6.07) is 7.43. The van der Waals surface area contributed by atoms with E-state index in [1.165, 1.54) is 31.2 Å². The van der Waals surface area contributed by atoms with Crippen LogP contribution in [0.3, 0.4) is 0 Å². The van der Waals surface area contributed by atoms with Crippen molar-refractivity contribution in [2.24, 2.45) is 5.92 Å². The first kappa shape index (κ1) is 19.2. The van der Waals surface area contributed by atoms with Crippen LogP contribution in [0, 0.1) is 5.92 Å². The van der Waals surface area contributed by atoms with Gasteiger partial charge in [-0.15, -0.1) is 0 Å². The lowest BCUT2D eigenvalue weighted by Gasteiger charge is -2.38. The molecule has 134 valence electrons. The number of carboxylic acid groups (broad SMARTS) is 1. The van der Waals surface area contributed by atoms with E-state index in [-0.39, 0.29) is 5.04 Å². The van der Waals surface area contributed by atoms with Crippen LogP contribution < -0.4 is 0 Å². The van der Waals surface area contributed by atoms with E-state index in [9.17, 15) is 4.79 Å². The Balaban J connectivity index is 1.84. The summed E-state index contributed by atoms with van der Waals surface area (Å²) in [5, 5.41) is 9.27. The summed E-state index contributed by atoms with van der Waals surface area (Å²) < 4.78 is 6.39. The fourth-order valence-electron chi connectivity index (χ4n) is 3.10. The van der Waals surface area contributed by atoms with Crippen molar-refractivity contribution in [2.75, 3.05) is 6.61 Å². The normalized spacial score (nSPS) is 22.4. The molecule has 3 nitrogen and oxygen atoms in total. The summed E-state index contributed by atoms with van der Waals surface area (Å²) in [7, 11) is -1.64. The molecule has 0 aromatic heterocycles. The molecule has 0 atom stereocenters. The molecule has 2 rings (SSSR count). The van der Waals surface area contributed by atoms with Crippen LogP contribution in [0.5, 0.6) is 0 Å². The third-order valence-electron chi connectivity index (χ3n) is 5.96. The van der Waals surface area contributed by atoms with E-state index in [1.54, 1.807) is 12.1 Å². The van der Waals surface area contributed by atoms with Crippen LogP contribution in [-0.2, 0) is 4.43 Å². The predicted octanol–water partition coefficient (Wildman–Crippen LogP) is 5.68. The summed E-state index contributed by atoms with van der Waals surface area (Å²) in [6.07, 6.45) is 4.77. The third-order valence-corrected chi connectivity index (χ3v) is 10.5. The van der Waals surface area contributed by atoms with Gasteiger partial charge in [0.15, 0.2) is 8.32 Å². The Labute approximate surface area is 147 Å². The number of carbonyl (C=O) groups is 1. The van der Waals surface area contributed by atoms with Gasteiger partial charge in [0.05, 0.1) is 5.56 Å². The zero-order chi connectivity index (χ0) is 18.0. The standard InChI is InChI=1S/C20H32O3Si/c1-20(2,3)24(4,5)23-14-15-6-8-16(9-7-15)17-10-12-18(13-11-17)19(21)22/h10-13,15-16H,6-9,14H2,1-5H3,(H,21,22). The van der Waals surface area contributed by atoms with Crippen LogP contribution in [0.1, 0.15) is 68.3 Å². The van der Waals surface area contributed by atoms with E-state index < -0.39 is 14.3 Å². The molecule has 1 saturated carbocycles. The van der Waals surface area contributed by atoms with Gasteiger partial charge in [-0.3, -0.25) is 0 Å². The van der Waals surface area contributed by atoms with E-state index >= 15 is 0 Å². The number of hydrogen-bond acceptors (Lipinski definition) is 2. The van der Waals surface area contributed by atoms with Gasteiger partial charge in [0.1, 0.15) is 0 Å². The topological polar surface area (TPSA) is 46.5 Å². The van der Waals surface area contributed by atoms with Crippen LogP contribution in [-0.4, -0.2) is 26.0 Å². The SMILES string of the molecule is CC(C)(C)[Si](C)(C)OCC1CCC(c2ccc(C(=O)O)cc2)CC1. The number of rotatable bonds is 5. The van der Waals surface area contributed by atoms with Gasteiger partial charge in [0.25, 0.3) is 0 Å². The van der Waals surface area contributed by atoms with Crippen molar-refractivity contribution in [3.05, 3.63) is 35.4 Å². The van der Waals surface area contributed by atoms with E-state index in [0.29, 0.717) is 17.4 Å². The molecule has 0 saturated heterocycles. The van der Waals surface area contributed by atoms with Crippen LogP contribution in [0.25, 0.3) is 0 Å². The van der Waals surface area contributed by atoms with Crippen molar-refractivity contribution in [1.82, 2.24) is 0 Å². The van der Waals surface area contributed by atoms with Crippen molar-refractivity contribution < 1.29 is 14.3 Å². The lowest BCUT2D eigenvalue weighted by molar-refractivity contribution is 0.0697. The lowest BCUT2D eigenvalue weighted by Crippen LogP contribution is -2.42. The molecular weight excluding hydrogens is 316 g/mol. The fraction of sp³-hybridized carbons (Fsp3) is 0.650. The number of aromatic carboxylic acids is 1. The van der Waals surface area contributed by atoms with Crippen molar-refractivity contribution in [3.63, 3.8) is 0 Å². The van der Waals surface area contributed by atoms with Crippen LogP contribution in [0.4, 0.5) is 0 Å². The Morgan fingerprint density at radius 1 is 1.12 bits per heavy atom. The molecule has 1 aromatic carbocycles. The Morgan fingerprint density at radius 3 is 2.12 bits per heavy atom. The van der Waals surface area contributed by atoms with Gasteiger partial charge in [-0.25, -0.2) is 4.79 Å². The molecule has 0 radical (unpaired) electrons. The summed E-state index contributed by atoms with van der Waals surface area (Å²) in [5.41, 5.74) is 1.65. The minimum absolute atomic E-state index is 0.274. The Kier molecular flexibility index (Phi) is 5.92. The van der Waals surface area contributed by atoms with Crippen molar-refractivity contribution in [2.45, 2.75) is 70.5 Å². The smallest absolute Gasteiger partial charge is 0.335 e. The lowest BCUT2D eigenvalue weighted by atomic mass is 9.79. The molecule has 0 heterocycles. The van der Waals surface area contributed by atoms with Gasteiger partial charge >= 0.3 is 5.97 Å². The quantitative estimate of drug-likeness (QED) is 0.696. The first-order valence-electron chi connectivity index (χ1n) is 9.07. The van der Waals surface area contributed by atoms with Crippen molar-refractivity contribution >= 4 is 14.3 Å². The monoisotopic (exact) mass is 348 g/mol. The molecule has 0 spiro atoms. The van der Waals surface area contributed by atoms with Gasteiger partial charge in [0, 0.05) is 6.61 Å². The molecule has 1 fully saturated rings. The number of carboxylic acids is 1. The molecule has 24 heavy (non-hydrogen) atoms. The highest BCUT2D eigenvalue weighted by Crippen LogP contribution is 2.39. The molecule has 1 N–H and O–H groups in total. The van der Waals surface area contributed by atoms with E-state index in [4.69, 9.17) is 9.53 Å². The third kappa shape index (κ3) is 4.70. The van der Waals surface area contributed by atoms with Crippen molar-refractivity contribution in [1.29, 1.82) is 0 Å². The second-order valence-electron chi connectivity index (χ2n) is 8.72. The van der Waals surface area contributed by atoms with Crippen LogP contribution in [0.2, 0.25) is 18.1 Å². The minimum atomic E-state index is -1.64. The zero-order valence-corrected chi connectivity index (χ0v) is 16.8. The highest BCUT2D eigenvalue weighted by molar-refractivity contribution is 6.74. The highest BCUT2D eigenvalue weighted by atomic mass is 28.4. The first-order valence-corrected chi connectivity index (χ1v) is 12.0. The molecule has 1 aliphatic carbocycles. The van der Waals surface area contributed by atoms with Gasteiger partial charge in [-0.05, 0) is 73.3 Å². The molecule has 4 heteroatoms. The summed E-state index contributed by atoms with van der Waals surface area (Å²) in [4.78, 5) is 10.9. The van der Waals surface area contributed by atoms with Gasteiger partial charge < -0.3 is 9.53 Å². The van der Waals surface area contributed by atoms with Crippen molar-refractivity contribution in [3.8, 4) is 0 Å². The molecule has 1 aliphatic rings.